The Labute approximate surface area is 186 Å². The van der Waals surface area contributed by atoms with Gasteiger partial charge < -0.3 is 4.57 Å². The first-order valence-electron chi connectivity index (χ1n) is 9.56. The molecule has 1 N–H and O–H groups in total. The molecule has 0 atom stereocenters. The van der Waals surface area contributed by atoms with Crippen LogP contribution in [0.3, 0.4) is 0 Å². The van der Waals surface area contributed by atoms with E-state index in [1.54, 1.807) is 12.1 Å². The molecule has 0 fully saturated rings. The Bertz CT molecular complexity index is 1200. The summed E-state index contributed by atoms with van der Waals surface area (Å²) in [7, 11) is 0. The lowest BCUT2D eigenvalue weighted by molar-refractivity contribution is -0.113. The summed E-state index contributed by atoms with van der Waals surface area (Å²) in [5.74, 6) is 0.424. The molecule has 158 valence electrons. The lowest BCUT2D eigenvalue weighted by Gasteiger charge is -2.09. The Kier molecular flexibility index (Phi) is 6.38. The normalized spacial score (nSPS) is 10.9. The van der Waals surface area contributed by atoms with Gasteiger partial charge in [0.05, 0.1) is 5.75 Å². The molecule has 2 heterocycles. The minimum atomic E-state index is -0.315. The minimum Gasteiger partial charge on any atom is -0.302 e. The number of nitrogens with zero attached hydrogens (tertiary/aromatic N) is 5. The number of carbonyl (C=O) groups excluding carboxylic acids is 1. The van der Waals surface area contributed by atoms with Crippen LogP contribution in [-0.4, -0.2) is 36.6 Å². The van der Waals surface area contributed by atoms with Crippen LogP contribution in [0.5, 0.6) is 0 Å². The quantitative estimate of drug-likeness (QED) is 0.409. The number of thioether (sulfide) groups is 1. The van der Waals surface area contributed by atoms with Gasteiger partial charge in [0, 0.05) is 17.7 Å². The predicted molar refractivity (Wildman–Crippen MR) is 121 cm³/mol. The third-order valence-corrected chi connectivity index (χ3v) is 6.37. The lowest BCUT2D eigenvalue weighted by atomic mass is 10.1. The molecule has 0 aliphatic heterocycles. The van der Waals surface area contributed by atoms with Crippen LogP contribution < -0.4 is 5.32 Å². The Morgan fingerprint density at radius 1 is 1.10 bits per heavy atom. The van der Waals surface area contributed by atoms with Crippen LogP contribution in [0.1, 0.15) is 12.5 Å². The molecule has 7 nitrogen and oxygen atoms in total. The van der Waals surface area contributed by atoms with Gasteiger partial charge in [-0.15, -0.1) is 20.4 Å². The number of rotatable bonds is 7. The molecule has 1 amide bonds. The average Bonchev–Trinajstić information content (AvgIpc) is 3.40. The highest BCUT2D eigenvalue weighted by Crippen LogP contribution is 2.28. The number of hydrogen-bond acceptors (Lipinski definition) is 7. The molecule has 2 aromatic heterocycles. The van der Waals surface area contributed by atoms with E-state index in [9.17, 15) is 9.18 Å². The Hall–Kier alpha value is -3.11. The number of aromatic nitrogens is 5. The molecule has 0 aliphatic rings. The summed E-state index contributed by atoms with van der Waals surface area (Å²) in [5, 5.41) is 21.1. The van der Waals surface area contributed by atoms with Crippen molar-refractivity contribution in [2.75, 3.05) is 11.1 Å². The summed E-state index contributed by atoms with van der Waals surface area (Å²) >= 11 is 2.55. The van der Waals surface area contributed by atoms with Crippen LogP contribution in [-0.2, 0) is 11.3 Å². The van der Waals surface area contributed by atoms with Gasteiger partial charge in [-0.3, -0.25) is 10.1 Å². The molecule has 0 spiro atoms. The number of hydrogen-bond donors (Lipinski definition) is 1. The molecule has 2 aromatic carbocycles. The number of aryl methyl sites for hydroxylation is 1. The number of benzene rings is 2. The molecule has 0 saturated heterocycles. The number of nitrogens with one attached hydrogen (secondary N) is 1. The third kappa shape index (κ3) is 4.80. The van der Waals surface area contributed by atoms with E-state index in [-0.39, 0.29) is 17.5 Å². The molecule has 31 heavy (non-hydrogen) atoms. The second kappa shape index (κ2) is 9.36. The summed E-state index contributed by atoms with van der Waals surface area (Å²) in [6.45, 7) is 4.75. The van der Waals surface area contributed by atoms with Gasteiger partial charge in [0.15, 0.2) is 11.0 Å². The van der Waals surface area contributed by atoms with Crippen LogP contribution in [0.25, 0.3) is 22.0 Å². The van der Waals surface area contributed by atoms with Crippen molar-refractivity contribution >= 4 is 34.1 Å². The molecule has 0 radical (unpaired) electrons. The zero-order chi connectivity index (χ0) is 21.8. The summed E-state index contributed by atoms with van der Waals surface area (Å²) in [5.41, 5.74) is 2.89. The van der Waals surface area contributed by atoms with Crippen LogP contribution in [0.2, 0.25) is 0 Å². The molecule has 0 unspecified atom stereocenters. The van der Waals surface area contributed by atoms with Crippen LogP contribution in [0, 0.1) is 12.7 Å². The van der Waals surface area contributed by atoms with Crippen molar-refractivity contribution in [3.05, 3.63) is 59.9 Å². The highest BCUT2D eigenvalue weighted by atomic mass is 32.2. The van der Waals surface area contributed by atoms with Crippen molar-refractivity contribution in [2.24, 2.45) is 0 Å². The molecule has 0 saturated carbocycles. The van der Waals surface area contributed by atoms with Crippen LogP contribution >= 0.6 is 23.1 Å². The van der Waals surface area contributed by atoms with Crippen molar-refractivity contribution < 1.29 is 9.18 Å². The molecular weight excluding hydrogens is 435 g/mol. The zero-order valence-electron chi connectivity index (χ0n) is 16.9. The maximum absolute atomic E-state index is 13.1. The Morgan fingerprint density at radius 2 is 1.87 bits per heavy atom. The fourth-order valence-electron chi connectivity index (χ4n) is 2.97. The molecule has 0 aliphatic carbocycles. The number of amides is 1. The lowest BCUT2D eigenvalue weighted by Crippen LogP contribution is -2.14. The molecule has 4 rings (SSSR count). The van der Waals surface area contributed by atoms with Gasteiger partial charge in [-0.2, -0.15) is 0 Å². The molecule has 10 heteroatoms. The fourth-order valence-corrected chi connectivity index (χ4v) is 4.54. The highest BCUT2D eigenvalue weighted by Gasteiger charge is 2.16. The monoisotopic (exact) mass is 454 g/mol. The number of anilines is 1. The SMILES string of the molecule is CCn1c(SCC(=O)Nc2nnc(-c3ccc(F)cc3)s2)nnc1-c1ccccc1C. The van der Waals surface area contributed by atoms with Gasteiger partial charge in [-0.1, -0.05) is 47.4 Å². The second-order valence-electron chi connectivity index (χ2n) is 6.62. The standard InChI is InChI=1S/C21H19FN6OS2/c1-3-28-18(16-7-5-4-6-13(16)2)24-27-21(28)30-12-17(29)23-20-26-25-19(31-20)14-8-10-15(22)11-9-14/h4-11H,3,12H2,1-2H3,(H,23,26,29). The smallest absolute Gasteiger partial charge is 0.236 e. The van der Waals surface area contributed by atoms with Crippen molar-refractivity contribution in [3.8, 4) is 22.0 Å². The van der Waals surface area contributed by atoms with Gasteiger partial charge in [0.2, 0.25) is 11.0 Å². The van der Waals surface area contributed by atoms with Crippen molar-refractivity contribution in [1.29, 1.82) is 0 Å². The Balaban J connectivity index is 1.41. The topological polar surface area (TPSA) is 85.6 Å². The van der Waals surface area contributed by atoms with E-state index in [0.717, 1.165) is 22.5 Å². The largest absolute Gasteiger partial charge is 0.302 e. The van der Waals surface area contributed by atoms with E-state index >= 15 is 0 Å². The van der Waals surface area contributed by atoms with Gasteiger partial charge in [-0.25, -0.2) is 4.39 Å². The second-order valence-corrected chi connectivity index (χ2v) is 8.54. The summed E-state index contributed by atoms with van der Waals surface area (Å²) in [6.07, 6.45) is 0. The van der Waals surface area contributed by atoms with Crippen molar-refractivity contribution in [2.45, 2.75) is 25.5 Å². The van der Waals surface area contributed by atoms with Crippen molar-refractivity contribution in [1.82, 2.24) is 25.0 Å². The first-order chi connectivity index (χ1) is 15.0. The van der Waals surface area contributed by atoms with E-state index in [2.05, 4.69) is 25.7 Å². The molecule has 4 aromatic rings. The van der Waals surface area contributed by atoms with E-state index in [0.29, 0.717) is 21.8 Å². The molecule has 0 bridgehead atoms. The van der Waals surface area contributed by atoms with E-state index in [1.807, 2.05) is 42.7 Å². The van der Waals surface area contributed by atoms with Gasteiger partial charge >= 0.3 is 0 Å². The van der Waals surface area contributed by atoms with E-state index in [1.165, 1.54) is 35.2 Å². The van der Waals surface area contributed by atoms with Gasteiger partial charge in [0.25, 0.3) is 0 Å². The van der Waals surface area contributed by atoms with E-state index in [4.69, 9.17) is 0 Å². The highest BCUT2D eigenvalue weighted by molar-refractivity contribution is 7.99. The van der Waals surface area contributed by atoms with E-state index < -0.39 is 0 Å². The van der Waals surface area contributed by atoms with Gasteiger partial charge in [-0.05, 0) is 43.7 Å². The van der Waals surface area contributed by atoms with Gasteiger partial charge in [0.1, 0.15) is 10.8 Å². The van der Waals surface area contributed by atoms with Crippen molar-refractivity contribution in [3.63, 3.8) is 0 Å². The first-order valence-corrected chi connectivity index (χ1v) is 11.4. The van der Waals surface area contributed by atoms with Crippen LogP contribution in [0.15, 0.2) is 53.7 Å². The minimum absolute atomic E-state index is 0.164. The third-order valence-electron chi connectivity index (χ3n) is 4.51. The number of carbonyl (C=O) groups is 1. The maximum atomic E-state index is 13.1. The fraction of sp³-hybridized carbons (Fsp3) is 0.190. The summed E-state index contributed by atoms with van der Waals surface area (Å²) in [6, 6.07) is 14.0. The predicted octanol–water partition coefficient (Wildman–Crippen LogP) is 4.66. The first kappa shape index (κ1) is 21.1. The Morgan fingerprint density at radius 3 is 2.61 bits per heavy atom. The summed E-state index contributed by atoms with van der Waals surface area (Å²) < 4.78 is 15.1. The maximum Gasteiger partial charge on any atom is 0.236 e. The average molecular weight is 455 g/mol. The number of halogens is 1. The zero-order valence-corrected chi connectivity index (χ0v) is 18.5. The van der Waals surface area contributed by atoms with Crippen LogP contribution in [0.4, 0.5) is 9.52 Å². The summed E-state index contributed by atoms with van der Waals surface area (Å²) in [4.78, 5) is 12.4. The molecular formula is C21H19FN6OS2.